The number of hydrogen-bond acceptors (Lipinski definition) is 7. The molecule has 1 aliphatic heterocycles. The van der Waals surface area contributed by atoms with Crippen LogP contribution in [-0.4, -0.2) is 37.6 Å². The van der Waals surface area contributed by atoms with Crippen molar-refractivity contribution in [3.05, 3.63) is 36.4 Å². The second-order valence-corrected chi connectivity index (χ2v) is 5.86. The van der Waals surface area contributed by atoms with Crippen molar-refractivity contribution in [2.75, 3.05) is 6.54 Å². The SMILES string of the molecule is CCCCC(NC(=O)C1CNNC1n1cnnn1)c1cccnc1. The average Bonchev–Trinajstić information content (AvgIpc) is 3.29. The Labute approximate surface area is 140 Å². The van der Waals surface area contributed by atoms with Crippen LogP contribution in [0.25, 0.3) is 0 Å². The molecule has 3 heterocycles. The van der Waals surface area contributed by atoms with Gasteiger partial charge < -0.3 is 5.32 Å². The van der Waals surface area contributed by atoms with Gasteiger partial charge in [-0.25, -0.2) is 10.1 Å². The number of tetrazole rings is 1. The summed E-state index contributed by atoms with van der Waals surface area (Å²) in [5.74, 6) is -0.327. The van der Waals surface area contributed by atoms with E-state index in [1.165, 1.54) is 6.33 Å². The van der Waals surface area contributed by atoms with E-state index in [1.54, 1.807) is 10.9 Å². The number of hydrazine groups is 1. The van der Waals surface area contributed by atoms with Gasteiger partial charge in [0, 0.05) is 18.9 Å². The molecule has 0 aliphatic carbocycles. The number of nitrogens with zero attached hydrogens (tertiary/aromatic N) is 5. The van der Waals surface area contributed by atoms with Gasteiger partial charge in [-0.1, -0.05) is 25.8 Å². The molecular weight excluding hydrogens is 308 g/mol. The molecule has 2 aromatic heterocycles. The fourth-order valence-electron chi connectivity index (χ4n) is 2.86. The number of carbonyl (C=O) groups is 1. The second kappa shape index (κ2) is 7.93. The molecule has 2 aromatic rings. The highest BCUT2D eigenvalue weighted by Gasteiger charge is 2.35. The van der Waals surface area contributed by atoms with Crippen LogP contribution in [0.1, 0.15) is 44.0 Å². The molecule has 3 N–H and O–H groups in total. The Morgan fingerprint density at radius 2 is 2.46 bits per heavy atom. The first-order valence-electron chi connectivity index (χ1n) is 8.20. The zero-order valence-electron chi connectivity index (χ0n) is 13.6. The molecule has 3 unspecified atom stereocenters. The van der Waals surface area contributed by atoms with Gasteiger partial charge in [-0.3, -0.25) is 15.2 Å². The molecule has 1 fully saturated rings. The number of rotatable bonds is 7. The highest BCUT2D eigenvalue weighted by molar-refractivity contribution is 5.80. The molecule has 1 aliphatic rings. The third-order valence-electron chi connectivity index (χ3n) is 4.19. The van der Waals surface area contributed by atoms with Crippen LogP contribution in [0.3, 0.4) is 0 Å². The zero-order valence-corrected chi connectivity index (χ0v) is 13.6. The van der Waals surface area contributed by atoms with Gasteiger partial charge in [0.2, 0.25) is 5.91 Å². The molecule has 128 valence electrons. The van der Waals surface area contributed by atoms with E-state index >= 15 is 0 Å². The first kappa shape index (κ1) is 16.5. The van der Waals surface area contributed by atoms with Crippen LogP contribution in [0.5, 0.6) is 0 Å². The van der Waals surface area contributed by atoms with Crippen LogP contribution in [0.4, 0.5) is 0 Å². The fourth-order valence-corrected chi connectivity index (χ4v) is 2.86. The molecule has 3 rings (SSSR count). The second-order valence-electron chi connectivity index (χ2n) is 5.86. The third-order valence-corrected chi connectivity index (χ3v) is 4.19. The number of aromatic nitrogens is 5. The number of carbonyl (C=O) groups excluding carboxylic acids is 1. The lowest BCUT2D eigenvalue weighted by Crippen LogP contribution is -2.39. The van der Waals surface area contributed by atoms with E-state index in [-0.39, 0.29) is 24.0 Å². The third kappa shape index (κ3) is 3.74. The molecular formula is C15H22N8O. The predicted octanol–water partition coefficient (Wildman–Crippen LogP) is 0.338. The largest absolute Gasteiger partial charge is 0.349 e. The van der Waals surface area contributed by atoms with Crippen LogP contribution in [-0.2, 0) is 4.79 Å². The molecule has 3 atom stereocenters. The quantitative estimate of drug-likeness (QED) is 0.671. The van der Waals surface area contributed by atoms with Crippen LogP contribution in [0, 0.1) is 5.92 Å². The van der Waals surface area contributed by atoms with Gasteiger partial charge in [0.15, 0.2) is 0 Å². The molecule has 0 spiro atoms. The Balaban J connectivity index is 1.70. The summed E-state index contributed by atoms with van der Waals surface area (Å²) in [6.07, 6.45) is 7.74. The average molecular weight is 330 g/mol. The van der Waals surface area contributed by atoms with Gasteiger partial charge in [0.1, 0.15) is 12.5 Å². The highest BCUT2D eigenvalue weighted by Crippen LogP contribution is 2.22. The van der Waals surface area contributed by atoms with Gasteiger partial charge >= 0.3 is 0 Å². The lowest BCUT2D eigenvalue weighted by atomic mass is 10.0. The van der Waals surface area contributed by atoms with Crippen molar-refractivity contribution in [3.8, 4) is 0 Å². The van der Waals surface area contributed by atoms with E-state index in [0.29, 0.717) is 6.54 Å². The molecule has 0 radical (unpaired) electrons. The number of unbranched alkanes of at least 4 members (excludes halogenated alkanes) is 1. The number of pyridine rings is 1. The normalized spacial score (nSPS) is 21.5. The lowest BCUT2D eigenvalue weighted by molar-refractivity contribution is -0.126. The maximum absolute atomic E-state index is 12.8. The Bertz CT molecular complexity index is 632. The summed E-state index contributed by atoms with van der Waals surface area (Å²) >= 11 is 0. The van der Waals surface area contributed by atoms with E-state index in [4.69, 9.17) is 0 Å². The minimum atomic E-state index is -0.305. The van der Waals surface area contributed by atoms with Gasteiger partial charge in [-0.15, -0.1) is 5.10 Å². The molecule has 24 heavy (non-hydrogen) atoms. The van der Waals surface area contributed by atoms with Crippen molar-refractivity contribution < 1.29 is 4.79 Å². The molecule has 9 heteroatoms. The number of hydrogen-bond donors (Lipinski definition) is 3. The summed E-state index contributed by atoms with van der Waals surface area (Å²) in [6, 6.07) is 3.85. The van der Waals surface area contributed by atoms with Crippen molar-refractivity contribution in [1.82, 2.24) is 41.4 Å². The number of nitrogens with one attached hydrogen (secondary N) is 3. The van der Waals surface area contributed by atoms with Crippen LogP contribution < -0.4 is 16.2 Å². The van der Waals surface area contributed by atoms with Crippen molar-refractivity contribution in [2.45, 2.75) is 38.4 Å². The van der Waals surface area contributed by atoms with Crippen molar-refractivity contribution in [2.24, 2.45) is 5.92 Å². The Morgan fingerprint density at radius 3 is 3.17 bits per heavy atom. The van der Waals surface area contributed by atoms with E-state index in [0.717, 1.165) is 24.8 Å². The highest BCUT2D eigenvalue weighted by atomic mass is 16.2. The molecule has 1 saturated heterocycles. The van der Waals surface area contributed by atoms with E-state index in [9.17, 15) is 4.79 Å². The summed E-state index contributed by atoms with van der Waals surface area (Å²) in [5, 5.41) is 14.3. The first-order chi connectivity index (χ1) is 11.8. The van der Waals surface area contributed by atoms with Gasteiger partial charge in [0.25, 0.3) is 0 Å². The lowest BCUT2D eigenvalue weighted by Gasteiger charge is -2.23. The molecule has 9 nitrogen and oxygen atoms in total. The molecule has 1 amide bonds. The zero-order chi connectivity index (χ0) is 16.8. The summed E-state index contributed by atoms with van der Waals surface area (Å²) < 4.78 is 1.55. The minimum absolute atomic E-state index is 0.0297. The van der Waals surface area contributed by atoms with E-state index in [1.807, 2.05) is 18.3 Å². The standard InChI is InChI=1S/C15H22N8O/c1-2-3-6-13(11-5-4-7-16-8-11)19-15(24)12-9-17-20-14(12)23-10-18-21-22-23/h4-5,7-8,10,12-14,17,20H,2-3,6,9H2,1H3,(H,19,24). The van der Waals surface area contributed by atoms with Gasteiger partial charge in [0.05, 0.1) is 12.0 Å². The monoisotopic (exact) mass is 330 g/mol. The van der Waals surface area contributed by atoms with E-state index < -0.39 is 0 Å². The predicted molar refractivity (Wildman–Crippen MR) is 86.1 cm³/mol. The summed E-state index contributed by atoms with van der Waals surface area (Å²) in [7, 11) is 0. The minimum Gasteiger partial charge on any atom is -0.349 e. The number of amides is 1. The molecule has 0 aromatic carbocycles. The van der Waals surface area contributed by atoms with Gasteiger partial charge in [-0.2, -0.15) is 0 Å². The van der Waals surface area contributed by atoms with E-state index in [2.05, 4.69) is 43.6 Å². The first-order valence-corrected chi connectivity index (χ1v) is 8.20. The maximum Gasteiger partial charge on any atom is 0.228 e. The smallest absolute Gasteiger partial charge is 0.228 e. The van der Waals surface area contributed by atoms with Crippen LogP contribution in [0.2, 0.25) is 0 Å². The van der Waals surface area contributed by atoms with Gasteiger partial charge in [-0.05, 0) is 28.5 Å². The summed E-state index contributed by atoms with van der Waals surface area (Å²) in [5.41, 5.74) is 7.08. The summed E-state index contributed by atoms with van der Waals surface area (Å²) in [4.78, 5) is 17.0. The Hall–Kier alpha value is -2.39. The Kier molecular flexibility index (Phi) is 5.44. The van der Waals surface area contributed by atoms with Crippen LogP contribution in [0.15, 0.2) is 30.9 Å². The van der Waals surface area contributed by atoms with Crippen molar-refractivity contribution in [3.63, 3.8) is 0 Å². The molecule has 0 saturated carbocycles. The fraction of sp³-hybridized carbons (Fsp3) is 0.533. The van der Waals surface area contributed by atoms with Crippen LogP contribution >= 0.6 is 0 Å². The Morgan fingerprint density at radius 1 is 1.54 bits per heavy atom. The molecule has 0 bridgehead atoms. The van der Waals surface area contributed by atoms with Crippen molar-refractivity contribution >= 4 is 5.91 Å². The summed E-state index contributed by atoms with van der Waals surface area (Å²) in [6.45, 7) is 2.66. The van der Waals surface area contributed by atoms with Crippen molar-refractivity contribution in [1.29, 1.82) is 0 Å². The topological polar surface area (TPSA) is 110 Å². The maximum atomic E-state index is 12.8.